The monoisotopic (exact) mass is 672 g/mol. The van der Waals surface area contributed by atoms with E-state index in [2.05, 4.69) is 0 Å². The normalized spacial score (nSPS) is 23.0. The Bertz CT molecular complexity index is 1810. The minimum Gasteiger partial charge on any atom is -0.384 e. The number of hydrogen-bond donors (Lipinski definition) is 1. The second-order valence-electron chi connectivity index (χ2n) is 11.4. The molecule has 45 heavy (non-hydrogen) atoms. The molecule has 0 aromatic heterocycles. The van der Waals surface area contributed by atoms with Crippen LogP contribution in [0.3, 0.4) is 0 Å². The maximum Gasteiger partial charge on any atom is 0.169 e. The van der Waals surface area contributed by atoms with Gasteiger partial charge in [-0.2, -0.15) is 0 Å². The molecular weight excluding hydrogens is 646 g/mol. The predicted molar refractivity (Wildman–Crippen MR) is 182 cm³/mol. The summed E-state index contributed by atoms with van der Waals surface area (Å²) >= 11 is 27.6. The van der Waals surface area contributed by atoms with Crippen molar-refractivity contribution in [2.24, 2.45) is 11.8 Å². The van der Waals surface area contributed by atoms with Crippen LogP contribution in [0.15, 0.2) is 127 Å². The Kier molecular flexibility index (Phi) is 9.19. The van der Waals surface area contributed by atoms with Crippen molar-refractivity contribution in [3.63, 3.8) is 0 Å². The van der Waals surface area contributed by atoms with Crippen molar-refractivity contribution in [1.29, 1.82) is 0 Å². The van der Waals surface area contributed by atoms with Crippen molar-refractivity contribution in [2.75, 3.05) is 0 Å². The molecule has 0 bridgehead atoms. The standard InChI is InChI=1S/C38H28Cl4O3/c39-27-18-10-19-28(40)31(27)26-22-38(45,25-16-8-3-9-17-25)35(37(44)24-14-6-2-7-15-24)34(33-29(41)20-11-21-30(33)42)32(26)36(43)23-12-4-1-5-13-23/h1-21,26,32,34-35,45H,22H2/t26-,32-,34+,35-,38+/m1/s1. The van der Waals surface area contributed by atoms with E-state index < -0.39 is 29.3 Å². The molecule has 3 nitrogen and oxygen atoms in total. The Hall–Kier alpha value is -3.44. The molecule has 5 atom stereocenters. The molecule has 0 amide bonds. The van der Waals surface area contributed by atoms with Crippen LogP contribution >= 0.6 is 46.4 Å². The smallest absolute Gasteiger partial charge is 0.169 e. The van der Waals surface area contributed by atoms with Crippen molar-refractivity contribution >= 4 is 58.0 Å². The van der Waals surface area contributed by atoms with Crippen molar-refractivity contribution < 1.29 is 14.7 Å². The average molecular weight is 674 g/mol. The molecule has 0 heterocycles. The molecule has 0 spiro atoms. The molecule has 1 fully saturated rings. The van der Waals surface area contributed by atoms with Gasteiger partial charge in [-0.05, 0) is 47.4 Å². The van der Waals surface area contributed by atoms with E-state index in [4.69, 9.17) is 46.4 Å². The van der Waals surface area contributed by atoms with E-state index >= 15 is 0 Å². The quantitative estimate of drug-likeness (QED) is 0.175. The summed E-state index contributed by atoms with van der Waals surface area (Å²) < 4.78 is 0. The molecule has 0 saturated heterocycles. The first kappa shape index (κ1) is 31.5. The highest BCUT2D eigenvalue weighted by Crippen LogP contribution is 2.61. The maximum absolute atomic E-state index is 14.9. The van der Waals surface area contributed by atoms with Gasteiger partial charge in [0, 0.05) is 49.0 Å². The van der Waals surface area contributed by atoms with E-state index in [9.17, 15) is 14.7 Å². The van der Waals surface area contributed by atoms with Gasteiger partial charge in [-0.25, -0.2) is 0 Å². The topological polar surface area (TPSA) is 54.4 Å². The largest absolute Gasteiger partial charge is 0.384 e. The Labute approximate surface area is 282 Å². The lowest BCUT2D eigenvalue weighted by atomic mass is 9.52. The number of carbonyl (C=O) groups excluding carboxylic acids is 2. The van der Waals surface area contributed by atoms with Crippen molar-refractivity contribution in [1.82, 2.24) is 0 Å². The third-order valence-corrected chi connectivity index (χ3v) is 10.2. The SMILES string of the molecule is O=C(c1ccccc1)[C@H]1[C@@H](c2c(Cl)cccc2Cl)[C@H](C(=O)c2ccccc2)[C@@](O)(c2ccccc2)C[C@@H]1c1c(Cl)cccc1Cl. The molecular formula is C38H28Cl4O3. The van der Waals surface area contributed by atoms with Crippen LogP contribution in [0.2, 0.25) is 20.1 Å². The summed E-state index contributed by atoms with van der Waals surface area (Å²) in [5.41, 5.74) is 0.494. The molecule has 5 aromatic rings. The summed E-state index contributed by atoms with van der Waals surface area (Å²) in [6, 6.07) is 37.0. The molecule has 1 N–H and O–H groups in total. The highest BCUT2D eigenvalue weighted by molar-refractivity contribution is 6.37. The molecule has 1 aliphatic carbocycles. The molecule has 7 heteroatoms. The molecule has 0 radical (unpaired) electrons. The van der Waals surface area contributed by atoms with Crippen molar-refractivity contribution in [2.45, 2.75) is 23.9 Å². The van der Waals surface area contributed by atoms with Gasteiger partial charge >= 0.3 is 0 Å². The van der Waals surface area contributed by atoms with Crippen LogP contribution in [-0.4, -0.2) is 16.7 Å². The van der Waals surface area contributed by atoms with Crippen LogP contribution in [0.1, 0.15) is 55.7 Å². The van der Waals surface area contributed by atoms with E-state index in [1.807, 2.05) is 30.3 Å². The van der Waals surface area contributed by atoms with Crippen LogP contribution in [0, 0.1) is 11.8 Å². The summed E-state index contributed by atoms with van der Waals surface area (Å²) in [6.07, 6.45) is -0.0223. The van der Waals surface area contributed by atoms with Gasteiger partial charge in [0.05, 0.1) is 5.92 Å². The molecule has 1 aliphatic rings. The first-order chi connectivity index (χ1) is 21.7. The number of Topliss-reactive ketones (excluding diaryl/α,β-unsaturated/α-hetero) is 2. The summed E-state index contributed by atoms with van der Waals surface area (Å²) in [4.78, 5) is 29.8. The number of benzene rings is 5. The summed E-state index contributed by atoms with van der Waals surface area (Å²) in [7, 11) is 0. The maximum atomic E-state index is 14.9. The zero-order valence-electron chi connectivity index (χ0n) is 23.9. The predicted octanol–water partition coefficient (Wildman–Crippen LogP) is 10.5. The van der Waals surface area contributed by atoms with E-state index in [0.29, 0.717) is 37.9 Å². The minimum atomic E-state index is -1.79. The van der Waals surface area contributed by atoms with Gasteiger partial charge in [-0.15, -0.1) is 0 Å². The first-order valence-electron chi connectivity index (χ1n) is 14.6. The van der Waals surface area contributed by atoms with Crippen LogP contribution in [0.4, 0.5) is 0 Å². The number of carbonyl (C=O) groups is 2. The summed E-state index contributed by atoms with van der Waals surface area (Å²) in [6.45, 7) is 0. The van der Waals surface area contributed by atoms with Gasteiger partial charge in [-0.1, -0.05) is 150 Å². The van der Waals surface area contributed by atoms with Gasteiger partial charge in [0.1, 0.15) is 5.60 Å². The van der Waals surface area contributed by atoms with Gasteiger partial charge in [0.2, 0.25) is 0 Å². The molecule has 0 unspecified atom stereocenters. The fourth-order valence-corrected chi connectivity index (χ4v) is 8.32. The highest BCUT2D eigenvalue weighted by atomic mass is 35.5. The van der Waals surface area contributed by atoms with Crippen molar-refractivity contribution in [3.05, 3.63) is 175 Å². The fourth-order valence-electron chi connectivity index (χ4n) is 6.99. The van der Waals surface area contributed by atoms with Gasteiger partial charge in [0.15, 0.2) is 11.6 Å². The number of rotatable bonds is 7. The van der Waals surface area contributed by atoms with Crippen molar-refractivity contribution in [3.8, 4) is 0 Å². The number of hydrogen-bond acceptors (Lipinski definition) is 3. The molecule has 0 aliphatic heterocycles. The second kappa shape index (κ2) is 13.1. The van der Waals surface area contributed by atoms with Crippen LogP contribution in [0.25, 0.3) is 0 Å². The lowest BCUT2D eigenvalue weighted by Gasteiger charge is -2.52. The Morgan fingerprint density at radius 1 is 0.556 bits per heavy atom. The van der Waals surface area contributed by atoms with Gasteiger partial charge < -0.3 is 5.11 Å². The lowest BCUT2D eigenvalue weighted by Crippen LogP contribution is -2.53. The van der Waals surface area contributed by atoms with E-state index in [0.717, 1.165) is 0 Å². The third-order valence-electron chi connectivity index (χ3n) is 8.90. The number of halogens is 4. The van der Waals surface area contributed by atoms with Crippen LogP contribution in [-0.2, 0) is 5.60 Å². The third kappa shape index (κ3) is 5.85. The zero-order chi connectivity index (χ0) is 31.7. The highest BCUT2D eigenvalue weighted by Gasteiger charge is 2.59. The second-order valence-corrected chi connectivity index (χ2v) is 13.0. The number of ketones is 2. The van der Waals surface area contributed by atoms with Gasteiger partial charge in [-0.3, -0.25) is 9.59 Å². The number of aliphatic hydroxyl groups is 1. The minimum absolute atomic E-state index is 0.0223. The molecule has 226 valence electrons. The fraction of sp³-hybridized carbons (Fsp3) is 0.158. The van der Waals surface area contributed by atoms with E-state index in [-0.39, 0.29) is 28.0 Å². The Morgan fingerprint density at radius 3 is 1.47 bits per heavy atom. The van der Waals surface area contributed by atoms with Gasteiger partial charge in [0.25, 0.3) is 0 Å². The van der Waals surface area contributed by atoms with Crippen LogP contribution in [0.5, 0.6) is 0 Å². The summed E-state index contributed by atoms with van der Waals surface area (Å²) in [5.74, 6) is -4.40. The van der Waals surface area contributed by atoms with E-state index in [1.54, 1.807) is 97.1 Å². The molecule has 1 saturated carbocycles. The summed E-state index contributed by atoms with van der Waals surface area (Å²) in [5, 5.41) is 14.4. The van der Waals surface area contributed by atoms with Crippen LogP contribution < -0.4 is 0 Å². The van der Waals surface area contributed by atoms with E-state index in [1.165, 1.54) is 0 Å². The Balaban J connectivity index is 1.73. The lowest BCUT2D eigenvalue weighted by molar-refractivity contribution is -0.0690. The molecule has 6 rings (SSSR count). The average Bonchev–Trinajstić information content (AvgIpc) is 3.05. The first-order valence-corrected chi connectivity index (χ1v) is 16.1. The zero-order valence-corrected chi connectivity index (χ0v) is 26.9. The Morgan fingerprint density at radius 2 is 0.978 bits per heavy atom. The molecule has 5 aromatic carbocycles.